The second-order valence-corrected chi connectivity index (χ2v) is 31.5. The molecule has 3 aliphatic heterocycles. The molecule has 3 aromatic rings. The number of nitrogens with zero attached hydrogens (tertiary/aromatic N) is 5. The number of phenolic OH excluding ortho intramolecular Hbond substituents is 4. The number of amides is 8. The lowest BCUT2D eigenvalue weighted by atomic mass is 9.80. The van der Waals surface area contributed by atoms with Gasteiger partial charge in [0.25, 0.3) is 11.8 Å². The molecular formula is C80H100N10O22. The minimum Gasteiger partial charge on any atom is -0.507 e. The molecule has 10 rings (SSSR count). The van der Waals surface area contributed by atoms with Crippen LogP contribution in [0.4, 0.5) is 5.69 Å². The Morgan fingerprint density at radius 2 is 0.938 bits per heavy atom. The first-order valence-corrected chi connectivity index (χ1v) is 37.4. The highest BCUT2D eigenvalue weighted by Crippen LogP contribution is 2.46. The number of fused-ring (bicyclic) bond motifs is 6. The average Bonchev–Trinajstić information content (AvgIpc) is 0.923. The number of benzene rings is 4. The van der Waals surface area contributed by atoms with Crippen LogP contribution in [0.2, 0.25) is 0 Å². The Hall–Kier alpha value is -11.3. The molecule has 2 saturated heterocycles. The van der Waals surface area contributed by atoms with Crippen LogP contribution in [-0.4, -0.2) is 217 Å². The Labute approximate surface area is 646 Å². The summed E-state index contributed by atoms with van der Waals surface area (Å²) in [5, 5.41) is 50.9. The van der Waals surface area contributed by atoms with Crippen molar-refractivity contribution in [2.45, 2.75) is 184 Å². The number of anilines is 1. The minimum atomic E-state index is -1.86. The minimum absolute atomic E-state index is 0.0668. The summed E-state index contributed by atoms with van der Waals surface area (Å²) in [5.41, 5.74) is 2.62. The summed E-state index contributed by atoms with van der Waals surface area (Å²) >= 11 is 0. The highest BCUT2D eigenvalue weighted by atomic mass is 16.6. The van der Waals surface area contributed by atoms with Gasteiger partial charge in [-0.3, -0.25) is 62.3 Å². The zero-order valence-corrected chi connectivity index (χ0v) is 66.2. The number of rotatable bonds is 8. The molecule has 0 bridgehead atoms. The Kier molecular flexibility index (Phi) is 25.2. The van der Waals surface area contributed by atoms with E-state index in [9.17, 15) is 82.8 Å². The van der Waals surface area contributed by atoms with Gasteiger partial charge in [-0.1, -0.05) is 74.3 Å². The molecule has 10 N–H and O–H groups in total. The number of nitrogen functional groups attached to an aromatic ring is 1. The average molecular weight is 1550 g/mol. The summed E-state index contributed by atoms with van der Waals surface area (Å²) in [6.07, 6.45) is -0.654. The Morgan fingerprint density at radius 1 is 0.545 bits per heavy atom. The van der Waals surface area contributed by atoms with Crippen LogP contribution in [0.3, 0.4) is 0 Å². The number of likely N-dealkylation sites (N-methyl/N-ethyl adjacent to an activating group) is 4. The van der Waals surface area contributed by atoms with Crippen molar-refractivity contribution in [3.8, 4) is 34.5 Å². The molecule has 32 nitrogen and oxygen atoms in total. The molecular weight excluding hydrogens is 1450 g/mol. The van der Waals surface area contributed by atoms with Gasteiger partial charge in [0.1, 0.15) is 70.6 Å². The third kappa shape index (κ3) is 16.1. The van der Waals surface area contributed by atoms with Gasteiger partial charge >= 0.3 is 11.9 Å². The number of aromatic hydroxyl groups is 4. The van der Waals surface area contributed by atoms with Gasteiger partial charge in [-0.25, -0.2) is 14.6 Å². The monoisotopic (exact) mass is 1550 g/mol. The van der Waals surface area contributed by atoms with E-state index in [-0.39, 0.29) is 67.1 Å². The van der Waals surface area contributed by atoms with E-state index in [1.807, 2.05) is 0 Å². The molecule has 12 unspecified atom stereocenters. The molecule has 3 aromatic carbocycles. The zero-order valence-electron chi connectivity index (χ0n) is 66.2. The second kappa shape index (κ2) is 33.3. The van der Waals surface area contributed by atoms with Crippen LogP contribution in [0.15, 0.2) is 33.5 Å². The van der Waals surface area contributed by atoms with Crippen LogP contribution in [-0.2, 0) is 57.4 Å². The van der Waals surface area contributed by atoms with E-state index in [0.717, 1.165) is 21.9 Å². The van der Waals surface area contributed by atoms with E-state index in [4.69, 9.17) is 24.6 Å². The fourth-order valence-corrected chi connectivity index (χ4v) is 15.9. The summed E-state index contributed by atoms with van der Waals surface area (Å²) in [7, 11) is 5.66. The predicted octanol–water partition coefficient (Wildman–Crippen LogP) is 4.62. The predicted molar refractivity (Wildman–Crippen MR) is 404 cm³/mol. The van der Waals surface area contributed by atoms with E-state index >= 15 is 9.59 Å². The molecule has 0 aromatic heterocycles. The number of hydrogen-bond donors (Lipinski definition) is 9. The Balaban J connectivity index is 0.000000556. The fraction of sp³-hybridized carbons (Fsp3) is 0.525. The number of carbonyl (C=O) groups is 14. The second-order valence-electron chi connectivity index (χ2n) is 31.5. The van der Waals surface area contributed by atoms with Gasteiger partial charge in [0.05, 0.1) is 64.2 Å². The zero-order chi connectivity index (χ0) is 83.3. The maximum atomic E-state index is 15.2. The Bertz CT molecular complexity index is 4700. The molecule has 112 heavy (non-hydrogen) atoms. The van der Waals surface area contributed by atoms with Crippen LogP contribution in [0, 0.1) is 75.0 Å². The van der Waals surface area contributed by atoms with Gasteiger partial charge in [0.15, 0.2) is 22.9 Å². The van der Waals surface area contributed by atoms with Crippen molar-refractivity contribution < 1.29 is 101 Å². The van der Waals surface area contributed by atoms with Gasteiger partial charge < -0.3 is 80.9 Å². The summed E-state index contributed by atoms with van der Waals surface area (Å²) in [6, 6.07) is -3.39. The van der Waals surface area contributed by atoms with Crippen molar-refractivity contribution in [1.29, 1.82) is 0 Å². The number of esters is 2. The van der Waals surface area contributed by atoms with E-state index in [1.54, 1.807) is 62.3 Å². The first-order chi connectivity index (χ1) is 52.4. The number of cyclic esters (lactones) is 2. The largest absolute Gasteiger partial charge is 0.507 e. The fourth-order valence-electron chi connectivity index (χ4n) is 15.9. The number of ether oxygens (including phenoxy) is 2. The highest BCUT2D eigenvalue weighted by molar-refractivity contribution is 6.32. The number of aryl methyl sites for hydroxylation is 3. The third-order valence-corrected chi connectivity index (χ3v) is 22.2. The number of Topliss-reactive ketones (excluding diaryl/α,β-unsaturated/α-hetero) is 2. The Morgan fingerprint density at radius 3 is 1.33 bits per heavy atom. The van der Waals surface area contributed by atoms with Crippen molar-refractivity contribution in [3.05, 3.63) is 90.1 Å². The quantitative estimate of drug-likeness (QED) is 0.0434. The van der Waals surface area contributed by atoms with Crippen LogP contribution in [0.5, 0.6) is 23.0 Å². The normalized spacial score (nSPS) is 24.9. The van der Waals surface area contributed by atoms with Crippen molar-refractivity contribution in [2.24, 2.45) is 47.3 Å². The van der Waals surface area contributed by atoms with Crippen molar-refractivity contribution >= 4 is 99.1 Å². The molecule has 0 spiro atoms. The number of phenols is 4. The van der Waals surface area contributed by atoms with Crippen LogP contribution < -0.4 is 32.4 Å². The van der Waals surface area contributed by atoms with E-state index in [0.29, 0.717) is 44.1 Å². The van der Waals surface area contributed by atoms with Gasteiger partial charge in [-0.2, -0.15) is 0 Å². The van der Waals surface area contributed by atoms with Gasteiger partial charge in [-0.15, -0.1) is 0 Å². The van der Waals surface area contributed by atoms with E-state index < -0.39 is 231 Å². The standard InChI is InChI=1S/C64H88N10O16.C16H12O6/c1-27(2)44-53(78)35-19-17-21-37(35)61(84)71(13)25-40(75)73(15)50(29(5)6)63(86)88-33(11)46(59(82)67-44)69-57(80)39-24-23-31(9)55-48(39)66-49-42(43(65)52(77)32(10)56(49)90-55)58(81)70-47-34(12)89-64(87)51(30(7)8)74(16)41(76)26-72(14)62(85)38-22-18-20-36(38)54(79)45(28(3)4)68-60(47)83;1-5-3-7(17)9-11(13(5)19)15(21)10-8(18)4-6(2)14(20)12(10)16(9)22/h23-24,27-30,33-38,44-47,50-51H,17-22,25-26,65H2,1-16H3,(H,67,82)(H,68,83)(H,69,80)(H,70,81);3-4,17-20H,1-2H3. The molecule has 4 aliphatic carbocycles. The van der Waals surface area contributed by atoms with Crippen molar-refractivity contribution in [3.63, 3.8) is 0 Å². The van der Waals surface area contributed by atoms with E-state index in [2.05, 4.69) is 21.3 Å². The smallest absolute Gasteiger partial charge is 0.329 e. The lowest BCUT2D eigenvalue weighted by Gasteiger charge is -2.35. The van der Waals surface area contributed by atoms with Crippen LogP contribution in [0.25, 0.3) is 22.6 Å². The number of nitrogens with one attached hydrogen (secondary N) is 4. The molecule has 7 aliphatic rings. The lowest BCUT2D eigenvalue weighted by Crippen LogP contribution is -2.59. The number of nitrogens with two attached hydrogens (primary N) is 1. The van der Waals surface area contributed by atoms with Gasteiger partial charge in [0.2, 0.25) is 52.4 Å². The summed E-state index contributed by atoms with van der Waals surface area (Å²) in [6.45, 7) is 21.2. The van der Waals surface area contributed by atoms with Crippen LogP contribution in [0.1, 0.15) is 183 Å². The van der Waals surface area contributed by atoms with E-state index in [1.165, 1.54) is 84.7 Å². The molecule has 4 fully saturated rings. The number of carbonyl (C=O) groups excluding carboxylic acids is 14. The summed E-state index contributed by atoms with van der Waals surface area (Å²) < 4.78 is 18.3. The maximum absolute atomic E-state index is 15.2. The van der Waals surface area contributed by atoms with Crippen molar-refractivity contribution in [1.82, 2.24) is 45.9 Å². The topological polar surface area (TPSA) is 469 Å². The SMILES string of the molecule is Cc1c2oc3c(C)ccc(C(=O)NC4C(=O)NC(C(C)C)C(=O)C5CCCC5C(=O)N(C)CC(=O)N(C)C(C(C)C)C(=O)OC4C)c3nc-2c(C(=O)NC2C(=O)NC(C(C)C)C(=O)C3CCCC3C(=O)N(C)CC(=O)N(C)C(C(C)C)C(=O)OC2C)c(N)c1=O.Cc1cc(O)c2c(c1O)C(=O)c1c(O)cc(C)c(O)c1C2=O. The lowest BCUT2D eigenvalue weighted by molar-refractivity contribution is -0.163. The molecule has 32 heteroatoms. The first kappa shape index (κ1) is 84.7. The molecule has 2 saturated carbocycles. The van der Waals surface area contributed by atoms with Gasteiger partial charge in [-0.05, 0) is 126 Å². The van der Waals surface area contributed by atoms with Crippen molar-refractivity contribution in [2.75, 3.05) is 47.0 Å². The molecule has 12 atom stereocenters. The maximum Gasteiger partial charge on any atom is 0.329 e. The number of ketones is 4. The number of hydrogen-bond acceptors (Lipinski definition) is 24. The van der Waals surface area contributed by atoms with Gasteiger partial charge in [0, 0.05) is 57.4 Å². The highest BCUT2D eigenvalue weighted by Gasteiger charge is 2.49. The number of aromatic nitrogens is 1. The first-order valence-electron chi connectivity index (χ1n) is 37.4. The summed E-state index contributed by atoms with van der Waals surface area (Å²) in [5.74, 6) is -18.3. The molecule has 0 radical (unpaired) electrons. The summed E-state index contributed by atoms with van der Waals surface area (Å²) in [4.78, 5) is 222. The van der Waals surface area contributed by atoms with Crippen LogP contribution >= 0.6 is 0 Å². The molecule has 8 amide bonds. The molecule has 602 valence electrons. The third-order valence-electron chi connectivity index (χ3n) is 22.2. The molecule has 3 heterocycles.